The summed E-state index contributed by atoms with van der Waals surface area (Å²) in [5, 5.41) is 3.21. The Labute approximate surface area is 186 Å². The average Bonchev–Trinajstić information content (AvgIpc) is 3.09. The molecule has 2 aromatic rings. The molecule has 1 amide bonds. The van der Waals surface area contributed by atoms with E-state index in [-0.39, 0.29) is 17.6 Å². The topological polar surface area (TPSA) is 94.6 Å². The van der Waals surface area contributed by atoms with E-state index in [1.54, 1.807) is 25.3 Å². The first-order valence-corrected chi connectivity index (χ1v) is 11.2. The van der Waals surface area contributed by atoms with Gasteiger partial charge in [-0.1, -0.05) is 20.8 Å². The van der Waals surface area contributed by atoms with Crippen LogP contribution in [0.2, 0.25) is 0 Å². The van der Waals surface area contributed by atoms with Crippen molar-refractivity contribution in [2.45, 2.75) is 47.0 Å². The van der Waals surface area contributed by atoms with Crippen LogP contribution in [0, 0.1) is 11.3 Å². The van der Waals surface area contributed by atoms with Gasteiger partial charge in [0.2, 0.25) is 0 Å². The fourth-order valence-electron chi connectivity index (χ4n) is 3.69. The number of ether oxygens (including phenoxy) is 2. The van der Waals surface area contributed by atoms with Crippen molar-refractivity contribution in [2.75, 3.05) is 18.5 Å². The highest BCUT2D eigenvalue weighted by molar-refractivity contribution is 7.17. The molecular weight excluding hydrogens is 416 g/mol. The minimum Gasteiger partial charge on any atom is -0.462 e. The number of fused-ring (bicyclic) bond motifs is 1. The van der Waals surface area contributed by atoms with Gasteiger partial charge in [-0.25, -0.2) is 9.59 Å². The van der Waals surface area contributed by atoms with Gasteiger partial charge < -0.3 is 14.8 Å². The van der Waals surface area contributed by atoms with Crippen molar-refractivity contribution in [1.82, 2.24) is 4.98 Å². The second kappa shape index (κ2) is 9.60. The van der Waals surface area contributed by atoms with Crippen LogP contribution in [0.5, 0.6) is 0 Å². The summed E-state index contributed by atoms with van der Waals surface area (Å²) in [7, 11) is 0. The Hall–Kier alpha value is -2.74. The third-order valence-electron chi connectivity index (χ3n) is 5.45. The zero-order valence-electron chi connectivity index (χ0n) is 18.3. The lowest BCUT2D eigenvalue weighted by molar-refractivity contribution is -0.119. The molecule has 0 saturated carbocycles. The van der Waals surface area contributed by atoms with Gasteiger partial charge in [0.1, 0.15) is 5.00 Å². The molecule has 2 heterocycles. The molecule has 0 radical (unpaired) electrons. The summed E-state index contributed by atoms with van der Waals surface area (Å²) < 4.78 is 10.3. The van der Waals surface area contributed by atoms with E-state index in [0.717, 1.165) is 29.7 Å². The third-order valence-corrected chi connectivity index (χ3v) is 6.62. The van der Waals surface area contributed by atoms with Crippen molar-refractivity contribution < 1.29 is 23.9 Å². The van der Waals surface area contributed by atoms with Gasteiger partial charge in [0, 0.05) is 17.3 Å². The molecule has 1 atom stereocenters. The van der Waals surface area contributed by atoms with E-state index < -0.39 is 24.5 Å². The highest BCUT2D eigenvalue weighted by atomic mass is 32.1. The molecule has 1 aliphatic rings. The highest BCUT2D eigenvalue weighted by Gasteiger charge is 2.34. The van der Waals surface area contributed by atoms with Crippen molar-refractivity contribution in [3.05, 3.63) is 46.1 Å². The van der Waals surface area contributed by atoms with E-state index in [4.69, 9.17) is 9.47 Å². The summed E-state index contributed by atoms with van der Waals surface area (Å²) in [6.45, 7) is 8.22. The SMILES string of the molecule is CCOC(=O)c1c(NC(=O)COC(=O)c2cccnc2)sc2c1CCC(C(C)(C)C)C2. The molecule has 1 unspecified atom stereocenters. The molecule has 0 bridgehead atoms. The second-order valence-corrected chi connectivity index (χ2v) is 9.71. The molecule has 0 aliphatic heterocycles. The standard InChI is InChI=1S/C23H28N2O5S/c1-5-29-22(28)19-16-9-8-15(23(2,3)4)11-17(16)31-20(19)25-18(26)13-30-21(27)14-7-6-10-24-12-14/h6-7,10,12,15H,5,8-9,11,13H2,1-4H3,(H,25,26). The van der Waals surface area contributed by atoms with Crippen molar-refractivity contribution in [3.63, 3.8) is 0 Å². The first-order chi connectivity index (χ1) is 14.7. The number of rotatable bonds is 6. The molecule has 166 valence electrons. The molecule has 31 heavy (non-hydrogen) atoms. The van der Waals surface area contributed by atoms with Crippen LogP contribution in [0.25, 0.3) is 0 Å². The maximum absolute atomic E-state index is 12.7. The summed E-state index contributed by atoms with van der Waals surface area (Å²) in [6.07, 6.45) is 5.53. The van der Waals surface area contributed by atoms with E-state index in [9.17, 15) is 14.4 Å². The quantitative estimate of drug-likeness (QED) is 0.669. The number of hydrogen-bond acceptors (Lipinski definition) is 7. The fourth-order valence-corrected chi connectivity index (χ4v) is 5.02. The monoisotopic (exact) mass is 444 g/mol. The minimum atomic E-state index is -0.632. The Morgan fingerprint density at radius 3 is 2.65 bits per heavy atom. The van der Waals surface area contributed by atoms with E-state index >= 15 is 0 Å². The first-order valence-electron chi connectivity index (χ1n) is 10.4. The van der Waals surface area contributed by atoms with E-state index in [2.05, 4.69) is 31.1 Å². The lowest BCUT2D eigenvalue weighted by Gasteiger charge is -2.33. The van der Waals surface area contributed by atoms with E-state index in [0.29, 0.717) is 16.5 Å². The van der Waals surface area contributed by atoms with E-state index in [1.807, 2.05) is 0 Å². The van der Waals surface area contributed by atoms with Crippen molar-refractivity contribution in [3.8, 4) is 0 Å². The van der Waals surface area contributed by atoms with Gasteiger partial charge in [0.25, 0.3) is 5.91 Å². The number of anilines is 1. The first kappa shape index (κ1) is 22.9. The Balaban J connectivity index is 1.75. The van der Waals surface area contributed by atoms with Crippen LogP contribution >= 0.6 is 11.3 Å². The van der Waals surface area contributed by atoms with Gasteiger partial charge in [-0.2, -0.15) is 0 Å². The highest BCUT2D eigenvalue weighted by Crippen LogP contribution is 2.44. The smallest absolute Gasteiger partial charge is 0.341 e. The second-order valence-electron chi connectivity index (χ2n) is 8.60. The number of thiophene rings is 1. The number of hydrogen-bond donors (Lipinski definition) is 1. The summed E-state index contributed by atoms with van der Waals surface area (Å²) in [4.78, 5) is 42.1. The van der Waals surface area contributed by atoms with Crippen LogP contribution in [-0.4, -0.2) is 36.0 Å². The summed E-state index contributed by atoms with van der Waals surface area (Å²) in [5.74, 6) is -1.07. The molecule has 7 nitrogen and oxygen atoms in total. The van der Waals surface area contributed by atoms with Crippen molar-refractivity contribution in [1.29, 1.82) is 0 Å². The number of carbonyl (C=O) groups excluding carboxylic acids is 3. The molecule has 0 aromatic carbocycles. The predicted octanol–water partition coefficient (Wildman–Crippen LogP) is 4.27. The van der Waals surface area contributed by atoms with E-state index in [1.165, 1.54) is 17.5 Å². The molecule has 3 rings (SSSR count). The van der Waals surface area contributed by atoms with Gasteiger partial charge >= 0.3 is 11.9 Å². The Bertz CT molecular complexity index is 962. The predicted molar refractivity (Wildman–Crippen MR) is 118 cm³/mol. The Morgan fingerprint density at radius 2 is 2.00 bits per heavy atom. The van der Waals surface area contributed by atoms with Crippen molar-refractivity contribution >= 4 is 34.2 Å². The average molecular weight is 445 g/mol. The van der Waals surface area contributed by atoms with Crippen LogP contribution in [0.15, 0.2) is 24.5 Å². The molecule has 1 aliphatic carbocycles. The molecule has 0 saturated heterocycles. The molecule has 1 N–H and O–H groups in total. The van der Waals surface area contributed by atoms with Crippen LogP contribution < -0.4 is 5.32 Å². The number of nitrogens with zero attached hydrogens (tertiary/aromatic N) is 1. The van der Waals surface area contributed by atoms with Crippen LogP contribution in [0.1, 0.15) is 65.3 Å². The Kier molecular flexibility index (Phi) is 7.10. The van der Waals surface area contributed by atoms with Gasteiger partial charge in [-0.05, 0) is 55.2 Å². The molecule has 2 aromatic heterocycles. The number of pyridine rings is 1. The Morgan fingerprint density at radius 1 is 1.23 bits per heavy atom. The molecular formula is C23H28N2O5S. The number of carbonyl (C=O) groups is 3. The lowest BCUT2D eigenvalue weighted by Crippen LogP contribution is -2.26. The van der Waals surface area contributed by atoms with Crippen LogP contribution in [0.3, 0.4) is 0 Å². The molecule has 0 fully saturated rings. The largest absolute Gasteiger partial charge is 0.462 e. The summed E-state index contributed by atoms with van der Waals surface area (Å²) in [6, 6.07) is 3.17. The normalized spacial score (nSPS) is 15.7. The van der Waals surface area contributed by atoms with Crippen molar-refractivity contribution in [2.24, 2.45) is 11.3 Å². The zero-order valence-corrected chi connectivity index (χ0v) is 19.1. The van der Waals surface area contributed by atoms with Gasteiger partial charge in [0.15, 0.2) is 6.61 Å². The summed E-state index contributed by atoms with van der Waals surface area (Å²) >= 11 is 1.41. The molecule has 0 spiro atoms. The number of aromatic nitrogens is 1. The fraction of sp³-hybridized carbons (Fsp3) is 0.478. The zero-order chi connectivity index (χ0) is 22.6. The lowest BCUT2D eigenvalue weighted by atomic mass is 9.72. The third kappa shape index (κ3) is 5.50. The maximum Gasteiger partial charge on any atom is 0.341 e. The number of esters is 2. The minimum absolute atomic E-state index is 0.162. The van der Waals surface area contributed by atoms with Gasteiger partial charge in [-0.3, -0.25) is 9.78 Å². The van der Waals surface area contributed by atoms with Gasteiger partial charge in [0.05, 0.1) is 17.7 Å². The van der Waals surface area contributed by atoms with Crippen LogP contribution in [-0.2, 0) is 27.1 Å². The molecule has 8 heteroatoms. The summed E-state index contributed by atoms with van der Waals surface area (Å²) in [5.41, 5.74) is 1.82. The number of amides is 1. The van der Waals surface area contributed by atoms with Gasteiger partial charge in [-0.15, -0.1) is 11.3 Å². The van der Waals surface area contributed by atoms with Crippen LogP contribution in [0.4, 0.5) is 5.00 Å². The number of nitrogens with one attached hydrogen (secondary N) is 1. The maximum atomic E-state index is 12.7.